The van der Waals surface area contributed by atoms with Gasteiger partial charge in [0.25, 0.3) is 0 Å². The minimum Gasteiger partial charge on any atom is -0.497 e. The number of methoxy groups -OCH3 is 1. The molecule has 3 nitrogen and oxygen atoms in total. The van der Waals surface area contributed by atoms with Gasteiger partial charge in [0.05, 0.1) is 13.7 Å². The van der Waals surface area contributed by atoms with Gasteiger partial charge in [0.1, 0.15) is 5.75 Å². The smallest absolute Gasteiger partial charge is 0.384 e. The number of carbonyl (C=O) groups excluding carboxylic acids is 1. The van der Waals surface area contributed by atoms with Crippen LogP contribution in [-0.2, 0) is 9.53 Å². The average Bonchev–Trinajstić information content (AvgIpc) is 2.37. The van der Waals surface area contributed by atoms with Crippen LogP contribution in [0.25, 0.3) is 0 Å². The van der Waals surface area contributed by atoms with Crippen LogP contribution < -0.4 is 4.74 Å². The minimum atomic E-state index is -0.478. The van der Waals surface area contributed by atoms with Crippen molar-refractivity contribution in [2.75, 3.05) is 13.7 Å². The van der Waals surface area contributed by atoms with E-state index in [0.29, 0.717) is 6.61 Å². The Morgan fingerprint density at radius 2 is 2.00 bits per heavy atom. The van der Waals surface area contributed by atoms with Crippen LogP contribution in [0.1, 0.15) is 25.3 Å². The van der Waals surface area contributed by atoms with Gasteiger partial charge in [0.2, 0.25) is 0 Å². The lowest BCUT2D eigenvalue weighted by atomic mass is 10.2. The Kier molecular flexibility index (Phi) is 5.67. The SMILES string of the molecule is CCCCOC(=O)C#Cc1ccc(OC)cc1. The number of benzene rings is 1. The molecule has 0 saturated carbocycles. The fraction of sp³-hybridized carbons (Fsp3) is 0.357. The Labute approximate surface area is 102 Å². The van der Waals surface area contributed by atoms with Gasteiger partial charge in [-0.15, -0.1) is 0 Å². The topological polar surface area (TPSA) is 35.5 Å². The summed E-state index contributed by atoms with van der Waals surface area (Å²) in [7, 11) is 1.60. The van der Waals surface area contributed by atoms with E-state index in [-0.39, 0.29) is 0 Å². The van der Waals surface area contributed by atoms with E-state index in [2.05, 4.69) is 11.8 Å². The molecule has 0 heterocycles. The first kappa shape index (κ1) is 13.1. The van der Waals surface area contributed by atoms with E-state index in [0.717, 1.165) is 24.2 Å². The molecule has 1 rings (SSSR count). The molecule has 1 aromatic rings. The van der Waals surface area contributed by atoms with Crippen LogP contribution >= 0.6 is 0 Å². The molecule has 1 aromatic carbocycles. The van der Waals surface area contributed by atoms with E-state index < -0.39 is 5.97 Å². The van der Waals surface area contributed by atoms with E-state index >= 15 is 0 Å². The summed E-state index contributed by atoms with van der Waals surface area (Å²) in [5.74, 6) is 5.47. The van der Waals surface area contributed by atoms with Crippen molar-refractivity contribution in [3.8, 4) is 17.6 Å². The van der Waals surface area contributed by atoms with E-state index in [9.17, 15) is 4.79 Å². The van der Waals surface area contributed by atoms with E-state index in [1.807, 2.05) is 6.92 Å². The van der Waals surface area contributed by atoms with Crippen LogP contribution in [0.5, 0.6) is 5.75 Å². The summed E-state index contributed by atoms with van der Waals surface area (Å²) in [5.41, 5.74) is 0.762. The zero-order valence-corrected chi connectivity index (χ0v) is 10.2. The molecule has 0 amide bonds. The Morgan fingerprint density at radius 1 is 1.29 bits per heavy atom. The van der Waals surface area contributed by atoms with E-state index in [1.165, 1.54) is 0 Å². The third-order valence-corrected chi connectivity index (χ3v) is 2.13. The van der Waals surface area contributed by atoms with Gasteiger partial charge in [-0.1, -0.05) is 19.3 Å². The first-order valence-corrected chi connectivity index (χ1v) is 5.59. The number of carbonyl (C=O) groups is 1. The molecular formula is C14H16O3. The predicted octanol–water partition coefficient (Wildman–Crippen LogP) is 2.39. The quantitative estimate of drug-likeness (QED) is 0.454. The van der Waals surface area contributed by atoms with Crippen molar-refractivity contribution >= 4 is 5.97 Å². The summed E-state index contributed by atoms with van der Waals surface area (Å²) < 4.78 is 9.93. The lowest BCUT2D eigenvalue weighted by molar-refractivity contribution is -0.136. The molecule has 90 valence electrons. The Morgan fingerprint density at radius 3 is 2.59 bits per heavy atom. The maximum atomic E-state index is 11.2. The summed E-state index contributed by atoms with van der Waals surface area (Å²) in [6.45, 7) is 2.48. The van der Waals surface area contributed by atoms with Crippen LogP contribution in [0.3, 0.4) is 0 Å². The van der Waals surface area contributed by atoms with E-state index in [1.54, 1.807) is 31.4 Å². The van der Waals surface area contributed by atoms with Crippen LogP contribution in [0, 0.1) is 11.8 Å². The lowest BCUT2D eigenvalue weighted by Crippen LogP contribution is -2.02. The lowest BCUT2D eigenvalue weighted by Gasteiger charge is -1.98. The number of rotatable bonds is 4. The van der Waals surface area contributed by atoms with E-state index in [4.69, 9.17) is 9.47 Å². The Hall–Kier alpha value is -1.95. The highest BCUT2D eigenvalue weighted by atomic mass is 16.5. The number of esters is 1. The molecule has 0 radical (unpaired) electrons. The largest absolute Gasteiger partial charge is 0.497 e. The molecule has 17 heavy (non-hydrogen) atoms. The molecule has 0 bridgehead atoms. The number of hydrogen-bond donors (Lipinski definition) is 0. The first-order chi connectivity index (χ1) is 8.26. The highest BCUT2D eigenvalue weighted by molar-refractivity contribution is 5.89. The van der Waals surface area contributed by atoms with Crippen molar-refractivity contribution < 1.29 is 14.3 Å². The van der Waals surface area contributed by atoms with Gasteiger partial charge in [-0.05, 0) is 30.7 Å². The molecule has 0 fully saturated rings. The molecule has 0 N–H and O–H groups in total. The summed E-state index contributed by atoms with van der Waals surface area (Å²) in [4.78, 5) is 11.2. The monoisotopic (exact) mass is 232 g/mol. The van der Waals surface area contributed by atoms with Crippen LogP contribution in [0.2, 0.25) is 0 Å². The second kappa shape index (κ2) is 7.34. The zero-order valence-electron chi connectivity index (χ0n) is 10.2. The van der Waals surface area contributed by atoms with Crippen LogP contribution in [-0.4, -0.2) is 19.7 Å². The van der Waals surface area contributed by atoms with Crippen molar-refractivity contribution in [3.63, 3.8) is 0 Å². The zero-order chi connectivity index (χ0) is 12.5. The number of unbranched alkanes of at least 4 members (excludes halogenated alkanes) is 1. The van der Waals surface area contributed by atoms with Gasteiger partial charge in [-0.3, -0.25) is 0 Å². The van der Waals surface area contributed by atoms with Gasteiger partial charge >= 0.3 is 5.97 Å². The predicted molar refractivity (Wildman–Crippen MR) is 65.7 cm³/mol. The summed E-state index contributed by atoms with van der Waals surface area (Å²) in [6.07, 6.45) is 1.87. The van der Waals surface area contributed by atoms with Crippen LogP contribution in [0.4, 0.5) is 0 Å². The normalized spacial score (nSPS) is 9.06. The second-order valence-corrected chi connectivity index (χ2v) is 3.47. The standard InChI is InChI=1S/C14H16O3/c1-3-4-11-17-14(15)10-7-12-5-8-13(16-2)9-6-12/h5-6,8-9H,3-4,11H2,1-2H3. The van der Waals surface area contributed by atoms with Gasteiger partial charge in [0, 0.05) is 11.5 Å². The summed E-state index contributed by atoms with van der Waals surface area (Å²) >= 11 is 0. The van der Waals surface area contributed by atoms with Crippen LogP contribution in [0.15, 0.2) is 24.3 Å². The van der Waals surface area contributed by atoms with Crippen molar-refractivity contribution in [2.24, 2.45) is 0 Å². The molecule has 0 aliphatic rings. The Bertz CT molecular complexity index is 409. The molecule has 0 aromatic heterocycles. The van der Waals surface area contributed by atoms with Crippen molar-refractivity contribution in [1.82, 2.24) is 0 Å². The highest BCUT2D eigenvalue weighted by Gasteiger charge is 1.95. The second-order valence-electron chi connectivity index (χ2n) is 3.47. The molecule has 0 saturated heterocycles. The van der Waals surface area contributed by atoms with Crippen molar-refractivity contribution in [2.45, 2.75) is 19.8 Å². The third-order valence-electron chi connectivity index (χ3n) is 2.13. The fourth-order valence-corrected chi connectivity index (χ4v) is 1.14. The first-order valence-electron chi connectivity index (χ1n) is 5.59. The molecule has 0 unspecified atom stereocenters. The number of ether oxygens (including phenoxy) is 2. The Balaban J connectivity index is 2.49. The number of hydrogen-bond acceptors (Lipinski definition) is 3. The van der Waals surface area contributed by atoms with Crippen molar-refractivity contribution in [1.29, 1.82) is 0 Å². The van der Waals surface area contributed by atoms with Gasteiger partial charge in [-0.2, -0.15) is 0 Å². The minimum absolute atomic E-state index is 0.437. The molecular weight excluding hydrogens is 216 g/mol. The maximum Gasteiger partial charge on any atom is 0.384 e. The van der Waals surface area contributed by atoms with Gasteiger partial charge in [-0.25, -0.2) is 4.79 Å². The molecule has 0 aliphatic heterocycles. The van der Waals surface area contributed by atoms with Gasteiger partial charge in [0.15, 0.2) is 0 Å². The molecule has 3 heteroatoms. The van der Waals surface area contributed by atoms with Crippen molar-refractivity contribution in [3.05, 3.63) is 29.8 Å². The fourth-order valence-electron chi connectivity index (χ4n) is 1.14. The average molecular weight is 232 g/mol. The molecule has 0 atom stereocenters. The maximum absolute atomic E-state index is 11.2. The molecule has 0 spiro atoms. The highest BCUT2D eigenvalue weighted by Crippen LogP contribution is 2.10. The van der Waals surface area contributed by atoms with Gasteiger partial charge < -0.3 is 9.47 Å². The third kappa shape index (κ3) is 5.07. The summed E-state index contributed by atoms with van der Waals surface area (Å²) in [5, 5.41) is 0. The molecule has 0 aliphatic carbocycles. The summed E-state index contributed by atoms with van der Waals surface area (Å²) in [6, 6.07) is 7.19.